The van der Waals surface area contributed by atoms with Crippen LogP contribution in [0.15, 0.2) is 30.5 Å². The molecule has 0 spiro atoms. The number of nitrogens with zero attached hydrogens (tertiary/aromatic N) is 2. The quantitative estimate of drug-likeness (QED) is 0.880. The lowest BCUT2D eigenvalue weighted by molar-refractivity contribution is 0.479. The van der Waals surface area contributed by atoms with E-state index in [2.05, 4.69) is 52.0 Å². The fraction of sp³-hybridized carbons (Fsp3) is 0.500. The summed E-state index contributed by atoms with van der Waals surface area (Å²) < 4.78 is 0. The van der Waals surface area contributed by atoms with Crippen LogP contribution >= 0.6 is 0 Å². The third-order valence-electron chi connectivity index (χ3n) is 5.20. The van der Waals surface area contributed by atoms with Gasteiger partial charge < -0.3 is 10.6 Å². The number of rotatable bonds is 5. The summed E-state index contributed by atoms with van der Waals surface area (Å²) >= 11 is 0. The second-order valence-electron chi connectivity index (χ2n) is 7.04. The highest BCUT2D eigenvalue weighted by atomic mass is 15.1. The summed E-state index contributed by atoms with van der Waals surface area (Å²) in [5.74, 6) is 0.713. The number of nitrogens with one attached hydrogen (secondary N) is 2. The summed E-state index contributed by atoms with van der Waals surface area (Å²) in [4.78, 5) is 0. The second kappa shape index (κ2) is 6.89. The number of anilines is 1. The van der Waals surface area contributed by atoms with E-state index in [1.54, 1.807) is 0 Å². The maximum absolute atomic E-state index is 4.40. The van der Waals surface area contributed by atoms with Gasteiger partial charge in [-0.1, -0.05) is 13.0 Å². The normalized spacial score (nSPS) is 18.5. The first kappa shape index (κ1) is 15.6. The SMILES string of the molecule is CCc1cc(NC2CCNCC2)ccc1-c1cc(C2CC2)cnn1. The van der Waals surface area contributed by atoms with Crippen molar-refractivity contribution in [2.45, 2.75) is 51.0 Å². The van der Waals surface area contributed by atoms with E-state index < -0.39 is 0 Å². The molecule has 4 rings (SSSR count). The van der Waals surface area contributed by atoms with Gasteiger partial charge in [0.25, 0.3) is 0 Å². The van der Waals surface area contributed by atoms with Gasteiger partial charge in [0, 0.05) is 17.3 Å². The maximum atomic E-state index is 4.40. The van der Waals surface area contributed by atoms with Gasteiger partial charge in [-0.15, -0.1) is 0 Å². The topological polar surface area (TPSA) is 49.8 Å². The first-order valence-corrected chi connectivity index (χ1v) is 9.26. The molecule has 1 aliphatic heterocycles. The second-order valence-corrected chi connectivity index (χ2v) is 7.04. The van der Waals surface area contributed by atoms with E-state index in [1.165, 1.54) is 48.1 Å². The van der Waals surface area contributed by atoms with E-state index >= 15 is 0 Å². The Hall–Kier alpha value is -1.94. The molecule has 0 amide bonds. The number of hydrogen-bond donors (Lipinski definition) is 2. The van der Waals surface area contributed by atoms with Crippen molar-refractivity contribution in [3.63, 3.8) is 0 Å². The largest absolute Gasteiger partial charge is 0.382 e. The van der Waals surface area contributed by atoms with Crippen LogP contribution in [0.4, 0.5) is 5.69 Å². The number of aryl methyl sites for hydroxylation is 1. The molecule has 4 heteroatoms. The Bertz CT molecular complexity index is 703. The molecule has 0 radical (unpaired) electrons. The molecule has 126 valence electrons. The van der Waals surface area contributed by atoms with Crippen molar-refractivity contribution < 1.29 is 0 Å². The third-order valence-corrected chi connectivity index (χ3v) is 5.20. The Labute approximate surface area is 144 Å². The fourth-order valence-corrected chi connectivity index (χ4v) is 3.58. The Morgan fingerprint density at radius 2 is 1.96 bits per heavy atom. The van der Waals surface area contributed by atoms with Gasteiger partial charge in [-0.3, -0.25) is 0 Å². The molecular formula is C20H26N4. The van der Waals surface area contributed by atoms with Crippen molar-refractivity contribution in [3.05, 3.63) is 41.6 Å². The summed E-state index contributed by atoms with van der Waals surface area (Å²) in [7, 11) is 0. The van der Waals surface area contributed by atoms with Crippen LogP contribution in [0, 0.1) is 0 Å². The molecule has 1 aromatic heterocycles. The van der Waals surface area contributed by atoms with E-state index in [9.17, 15) is 0 Å². The minimum atomic E-state index is 0.583. The van der Waals surface area contributed by atoms with Crippen LogP contribution in [0.5, 0.6) is 0 Å². The zero-order valence-corrected chi connectivity index (χ0v) is 14.4. The average molecular weight is 322 g/mol. The molecule has 0 atom stereocenters. The minimum Gasteiger partial charge on any atom is -0.382 e. The van der Waals surface area contributed by atoms with Crippen molar-refractivity contribution in [1.29, 1.82) is 0 Å². The number of piperidine rings is 1. The minimum absolute atomic E-state index is 0.583. The van der Waals surface area contributed by atoms with Crippen molar-refractivity contribution in [2.75, 3.05) is 18.4 Å². The Morgan fingerprint density at radius 3 is 2.71 bits per heavy atom. The van der Waals surface area contributed by atoms with Crippen molar-refractivity contribution in [1.82, 2.24) is 15.5 Å². The lowest BCUT2D eigenvalue weighted by Gasteiger charge is -2.25. The Kier molecular flexibility index (Phi) is 4.48. The monoisotopic (exact) mass is 322 g/mol. The van der Waals surface area contributed by atoms with Crippen LogP contribution in [-0.2, 0) is 6.42 Å². The predicted molar refractivity (Wildman–Crippen MR) is 98.3 cm³/mol. The van der Waals surface area contributed by atoms with Crippen LogP contribution in [0.2, 0.25) is 0 Å². The zero-order valence-electron chi connectivity index (χ0n) is 14.4. The molecule has 2 aliphatic rings. The molecule has 24 heavy (non-hydrogen) atoms. The molecule has 2 heterocycles. The fourth-order valence-electron chi connectivity index (χ4n) is 3.58. The van der Waals surface area contributed by atoms with Gasteiger partial charge in [-0.2, -0.15) is 10.2 Å². The zero-order chi connectivity index (χ0) is 16.4. The molecule has 2 fully saturated rings. The summed E-state index contributed by atoms with van der Waals surface area (Å²) in [5, 5.41) is 15.8. The molecule has 4 nitrogen and oxygen atoms in total. The molecule has 1 aromatic carbocycles. The van der Waals surface area contributed by atoms with E-state index in [1.807, 2.05) is 6.20 Å². The number of hydrogen-bond acceptors (Lipinski definition) is 4. The summed E-state index contributed by atoms with van der Waals surface area (Å²) in [5.41, 5.74) is 6.16. The maximum Gasteiger partial charge on any atom is 0.0935 e. The average Bonchev–Trinajstić information content (AvgIpc) is 3.48. The van der Waals surface area contributed by atoms with Crippen LogP contribution in [0.25, 0.3) is 11.3 Å². The Balaban J connectivity index is 1.58. The molecule has 2 aromatic rings. The Morgan fingerprint density at radius 1 is 1.12 bits per heavy atom. The van der Waals surface area contributed by atoms with E-state index in [4.69, 9.17) is 0 Å². The molecule has 1 aliphatic carbocycles. The highest BCUT2D eigenvalue weighted by Gasteiger charge is 2.24. The number of benzene rings is 1. The van der Waals surface area contributed by atoms with E-state index in [-0.39, 0.29) is 0 Å². The third kappa shape index (κ3) is 3.44. The summed E-state index contributed by atoms with van der Waals surface area (Å²) in [6.07, 6.45) is 7.91. The van der Waals surface area contributed by atoms with Gasteiger partial charge in [0.1, 0.15) is 0 Å². The highest BCUT2D eigenvalue weighted by molar-refractivity contribution is 5.68. The molecule has 1 saturated heterocycles. The first-order valence-electron chi connectivity index (χ1n) is 9.26. The van der Waals surface area contributed by atoms with Gasteiger partial charge in [0.2, 0.25) is 0 Å². The van der Waals surface area contributed by atoms with Crippen molar-refractivity contribution in [2.24, 2.45) is 0 Å². The van der Waals surface area contributed by atoms with E-state index in [0.29, 0.717) is 12.0 Å². The number of aromatic nitrogens is 2. The summed E-state index contributed by atoms with van der Waals surface area (Å²) in [6.45, 7) is 4.44. The van der Waals surface area contributed by atoms with Gasteiger partial charge in [0.05, 0.1) is 11.9 Å². The van der Waals surface area contributed by atoms with Crippen LogP contribution in [-0.4, -0.2) is 29.3 Å². The van der Waals surface area contributed by atoms with E-state index in [0.717, 1.165) is 25.2 Å². The van der Waals surface area contributed by atoms with Gasteiger partial charge in [0.15, 0.2) is 0 Å². The molecule has 1 saturated carbocycles. The molecular weight excluding hydrogens is 296 g/mol. The first-order chi connectivity index (χ1) is 11.8. The van der Waals surface area contributed by atoms with Crippen LogP contribution in [0.3, 0.4) is 0 Å². The molecule has 0 bridgehead atoms. The smallest absolute Gasteiger partial charge is 0.0935 e. The van der Waals surface area contributed by atoms with Gasteiger partial charge in [-0.05, 0) is 80.4 Å². The van der Waals surface area contributed by atoms with Crippen molar-refractivity contribution >= 4 is 5.69 Å². The molecule has 2 N–H and O–H groups in total. The van der Waals surface area contributed by atoms with Gasteiger partial charge >= 0.3 is 0 Å². The van der Waals surface area contributed by atoms with Crippen LogP contribution < -0.4 is 10.6 Å². The summed E-state index contributed by atoms with van der Waals surface area (Å²) in [6, 6.07) is 9.52. The van der Waals surface area contributed by atoms with Gasteiger partial charge in [-0.25, -0.2) is 0 Å². The predicted octanol–water partition coefficient (Wildman–Crippen LogP) is 3.75. The van der Waals surface area contributed by atoms with Crippen molar-refractivity contribution in [3.8, 4) is 11.3 Å². The van der Waals surface area contributed by atoms with Crippen LogP contribution in [0.1, 0.15) is 49.7 Å². The highest BCUT2D eigenvalue weighted by Crippen LogP contribution is 2.40. The lowest BCUT2D eigenvalue weighted by atomic mass is 9.99. The molecule has 0 unspecified atom stereocenters. The standard InChI is InChI=1S/C20H26N4/c1-2-14-11-18(23-17-7-9-21-10-8-17)5-6-19(14)20-12-16(13-22-24-20)15-3-4-15/h5-6,11-13,15,17,21,23H,2-4,7-10H2,1H3. The lowest BCUT2D eigenvalue weighted by Crippen LogP contribution is -2.35.